The summed E-state index contributed by atoms with van der Waals surface area (Å²) in [6.07, 6.45) is 2.01. The van der Waals surface area contributed by atoms with Crippen LogP contribution in [0, 0.1) is 0 Å². The van der Waals surface area contributed by atoms with Crippen molar-refractivity contribution in [3.8, 4) is 0 Å². The molecule has 24 heavy (non-hydrogen) atoms. The van der Waals surface area contributed by atoms with E-state index in [1.807, 2.05) is 61.2 Å². The summed E-state index contributed by atoms with van der Waals surface area (Å²) < 4.78 is 0. The molecule has 1 amide bonds. The molecule has 1 aliphatic rings. The molecular formula is C20H25N3O. The Labute approximate surface area is 143 Å². The third-order valence-electron chi connectivity index (χ3n) is 4.80. The van der Waals surface area contributed by atoms with Gasteiger partial charge in [0.05, 0.1) is 0 Å². The lowest BCUT2D eigenvalue weighted by atomic mass is 9.98. The molecule has 0 fully saturated rings. The van der Waals surface area contributed by atoms with Crippen molar-refractivity contribution in [2.75, 3.05) is 28.6 Å². The number of para-hydroxylation sites is 1. The van der Waals surface area contributed by atoms with Crippen LogP contribution in [0.2, 0.25) is 0 Å². The van der Waals surface area contributed by atoms with Crippen molar-refractivity contribution in [1.29, 1.82) is 0 Å². The van der Waals surface area contributed by atoms with Crippen LogP contribution in [0.5, 0.6) is 0 Å². The summed E-state index contributed by atoms with van der Waals surface area (Å²) in [5.41, 5.74) is 10.2. The maximum atomic E-state index is 13.1. The number of carbonyl (C=O) groups is 1. The highest BCUT2D eigenvalue weighted by molar-refractivity contribution is 5.99. The number of hydrogen-bond donors (Lipinski definition) is 1. The maximum absolute atomic E-state index is 13.1. The van der Waals surface area contributed by atoms with E-state index in [-0.39, 0.29) is 11.9 Å². The molecule has 1 atom stereocenters. The number of rotatable bonds is 4. The Morgan fingerprint density at radius 3 is 2.67 bits per heavy atom. The van der Waals surface area contributed by atoms with E-state index in [4.69, 9.17) is 5.73 Å². The summed E-state index contributed by atoms with van der Waals surface area (Å²) in [5, 5.41) is 0. The van der Waals surface area contributed by atoms with Gasteiger partial charge in [-0.25, -0.2) is 0 Å². The lowest BCUT2D eigenvalue weighted by Crippen LogP contribution is -2.49. The molecule has 2 aromatic rings. The molecule has 1 heterocycles. The van der Waals surface area contributed by atoms with Crippen molar-refractivity contribution in [2.45, 2.75) is 32.7 Å². The first-order valence-corrected chi connectivity index (χ1v) is 8.64. The Kier molecular flexibility index (Phi) is 4.74. The molecule has 2 N–H and O–H groups in total. The van der Waals surface area contributed by atoms with E-state index >= 15 is 0 Å². The van der Waals surface area contributed by atoms with E-state index in [1.165, 1.54) is 5.56 Å². The average molecular weight is 323 g/mol. The number of carbonyl (C=O) groups excluding carboxylic acids is 1. The first kappa shape index (κ1) is 16.4. The van der Waals surface area contributed by atoms with Crippen molar-refractivity contribution in [1.82, 2.24) is 0 Å². The standard InChI is InChI=1S/C20H25N3O/c1-3-22(16-9-5-4-6-10-16)20(24)15(2)23-14-8-11-17-18(21)12-7-13-19(17)23/h4-7,9-10,12-13,15H,3,8,11,14,21H2,1-2H3. The second-order valence-electron chi connectivity index (χ2n) is 6.24. The third-order valence-corrected chi connectivity index (χ3v) is 4.80. The number of benzene rings is 2. The Bertz CT molecular complexity index is 714. The first-order valence-electron chi connectivity index (χ1n) is 8.64. The molecule has 126 valence electrons. The smallest absolute Gasteiger partial charge is 0.249 e. The van der Waals surface area contributed by atoms with Crippen LogP contribution >= 0.6 is 0 Å². The molecule has 4 nitrogen and oxygen atoms in total. The molecule has 0 saturated carbocycles. The molecule has 3 rings (SSSR count). The van der Waals surface area contributed by atoms with Gasteiger partial charge in [-0.3, -0.25) is 4.79 Å². The van der Waals surface area contributed by atoms with Crippen LogP contribution in [0.1, 0.15) is 25.8 Å². The van der Waals surface area contributed by atoms with Crippen molar-refractivity contribution in [3.63, 3.8) is 0 Å². The number of anilines is 3. The third kappa shape index (κ3) is 2.96. The summed E-state index contributed by atoms with van der Waals surface area (Å²) in [6.45, 7) is 5.55. The van der Waals surface area contributed by atoms with Gasteiger partial charge in [0, 0.05) is 30.2 Å². The van der Waals surface area contributed by atoms with Gasteiger partial charge in [0.2, 0.25) is 5.91 Å². The van der Waals surface area contributed by atoms with Crippen LogP contribution in [0.4, 0.5) is 17.1 Å². The van der Waals surface area contributed by atoms with Gasteiger partial charge in [0.25, 0.3) is 0 Å². The molecule has 0 radical (unpaired) electrons. The molecule has 0 saturated heterocycles. The fourth-order valence-corrected chi connectivity index (χ4v) is 3.51. The van der Waals surface area contributed by atoms with Crippen LogP contribution in [-0.4, -0.2) is 25.0 Å². The highest BCUT2D eigenvalue weighted by Crippen LogP contribution is 2.33. The molecule has 0 spiro atoms. The van der Waals surface area contributed by atoms with Crippen LogP contribution in [0.25, 0.3) is 0 Å². The second kappa shape index (κ2) is 6.95. The summed E-state index contributed by atoms with van der Waals surface area (Å²) in [6, 6.07) is 15.6. The summed E-state index contributed by atoms with van der Waals surface area (Å²) in [5.74, 6) is 0.124. The predicted octanol–water partition coefficient (Wildman–Crippen LogP) is 3.46. The Balaban J connectivity index is 1.88. The molecule has 1 unspecified atom stereocenters. The monoisotopic (exact) mass is 323 g/mol. The number of likely N-dealkylation sites (N-methyl/N-ethyl adjacent to an activating group) is 1. The molecule has 0 aromatic heterocycles. The molecular weight excluding hydrogens is 298 g/mol. The van der Waals surface area contributed by atoms with Gasteiger partial charge in [0.15, 0.2) is 0 Å². The average Bonchev–Trinajstić information content (AvgIpc) is 2.62. The van der Waals surface area contributed by atoms with Gasteiger partial charge in [0.1, 0.15) is 6.04 Å². The highest BCUT2D eigenvalue weighted by Gasteiger charge is 2.29. The maximum Gasteiger partial charge on any atom is 0.249 e. The van der Waals surface area contributed by atoms with Gasteiger partial charge in [-0.15, -0.1) is 0 Å². The minimum absolute atomic E-state index is 0.124. The van der Waals surface area contributed by atoms with Gasteiger partial charge in [-0.2, -0.15) is 0 Å². The molecule has 2 aromatic carbocycles. The zero-order chi connectivity index (χ0) is 17.1. The first-order chi connectivity index (χ1) is 11.6. The van der Waals surface area contributed by atoms with Crippen LogP contribution in [0.15, 0.2) is 48.5 Å². The van der Waals surface area contributed by atoms with Crippen LogP contribution < -0.4 is 15.5 Å². The van der Waals surface area contributed by atoms with Gasteiger partial charge in [-0.1, -0.05) is 24.3 Å². The quantitative estimate of drug-likeness (QED) is 0.877. The number of nitrogens with two attached hydrogens (primary N) is 1. The highest BCUT2D eigenvalue weighted by atomic mass is 16.2. The lowest BCUT2D eigenvalue weighted by Gasteiger charge is -2.38. The van der Waals surface area contributed by atoms with E-state index in [0.717, 1.165) is 36.4 Å². The zero-order valence-electron chi connectivity index (χ0n) is 14.4. The summed E-state index contributed by atoms with van der Waals surface area (Å²) in [4.78, 5) is 17.2. The number of amides is 1. The fourth-order valence-electron chi connectivity index (χ4n) is 3.51. The van der Waals surface area contributed by atoms with Gasteiger partial charge in [-0.05, 0) is 56.5 Å². The molecule has 1 aliphatic heterocycles. The molecule has 0 aliphatic carbocycles. The number of nitrogen functional groups attached to an aromatic ring is 1. The van der Waals surface area contributed by atoms with Crippen molar-refractivity contribution < 1.29 is 4.79 Å². The lowest BCUT2D eigenvalue weighted by molar-refractivity contribution is -0.119. The van der Waals surface area contributed by atoms with E-state index in [0.29, 0.717) is 6.54 Å². The van der Waals surface area contributed by atoms with Crippen LogP contribution in [0.3, 0.4) is 0 Å². The molecule has 4 heteroatoms. The largest absolute Gasteiger partial charge is 0.398 e. The van der Waals surface area contributed by atoms with Crippen LogP contribution in [-0.2, 0) is 11.2 Å². The van der Waals surface area contributed by atoms with E-state index in [1.54, 1.807) is 0 Å². The Hall–Kier alpha value is -2.49. The van der Waals surface area contributed by atoms with Crippen molar-refractivity contribution >= 4 is 23.0 Å². The Morgan fingerprint density at radius 1 is 1.21 bits per heavy atom. The molecule has 0 bridgehead atoms. The second-order valence-corrected chi connectivity index (χ2v) is 6.24. The summed E-state index contributed by atoms with van der Waals surface area (Å²) >= 11 is 0. The summed E-state index contributed by atoms with van der Waals surface area (Å²) in [7, 11) is 0. The predicted molar refractivity (Wildman–Crippen MR) is 100 cm³/mol. The number of fused-ring (bicyclic) bond motifs is 1. The van der Waals surface area contributed by atoms with Crippen molar-refractivity contribution in [2.24, 2.45) is 0 Å². The Morgan fingerprint density at radius 2 is 1.96 bits per heavy atom. The minimum Gasteiger partial charge on any atom is -0.398 e. The minimum atomic E-state index is -0.217. The topological polar surface area (TPSA) is 49.6 Å². The van der Waals surface area contributed by atoms with E-state index in [9.17, 15) is 4.79 Å². The van der Waals surface area contributed by atoms with Crippen molar-refractivity contribution in [3.05, 3.63) is 54.1 Å². The van der Waals surface area contributed by atoms with E-state index in [2.05, 4.69) is 11.0 Å². The number of nitrogens with zero attached hydrogens (tertiary/aromatic N) is 2. The van der Waals surface area contributed by atoms with Gasteiger partial charge >= 0.3 is 0 Å². The zero-order valence-corrected chi connectivity index (χ0v) is 14.4. The fraction of sp³-hybridized carbons (Fsp3) is 0.350. The van der Waals surface area contributed by atoms with Gasteiger partial charge < -0.3 is 15.5 Å². The SMILES string of the molecule is CCN(C(=O)C(C)N1CCCc2c(N)cccc21)c1ccccc1. The number of hydrogen-bond acceptors (Lipinski definition) is 3. The van der Waals surface area contributed by atoms with E-state index < -0.39 is 0 Å². The normalized spacial score (nSPS) is 14.8.